The highest BCUT2D eigenvalue weighted by atomic mass is 16.5. The maximum atomic E-state index is 12.2. The van der Waals surface area contributed by atoms with Gasteiger partial charge in [-0.15, -0.1) is 0 Å². The van der Waals surface area contributed by atoms with Crippen LogP contribution in [0.4, 0.5) is 0 Å². The van der Waals surface area contributed by atoms with Crippen LogP contribution >= 0.6 is 0 Å². The number of hydrazone groups is 1. The molecular formula is C19H19N3O2. The number of nitrogens with zero attached hydrogens (tertiary/aromatic N) is 2. The third-order valence-electron chi connectivity index (χ3n) is 3.84. The highest BCUT2D eigenvalue weighted by Gasteiger charge is 2.08. The summed E-state index contributed by atoms with van der Waals surface area (Å²) in [5, 5.41) is 5.30. The van der Waals surface area contributed by atoms with Crippen molar-refractivity contribution in [3.05, 3.63) is 66.4 Å². The van der Waals surface area contributed by atoms with Gasteiger partial charge in [0.05, 0.1) is 12.8 Å². The van der Waals surface area contributed by atoms with Gasteiger partial charge in [-0.25, -0.2) is 5.43 Å². The summed E-state index contributed by atoms with van der Waals surface area (Å²) < 4.78 is 7.21. The van der Waals surface area contributed by atoms with E-state index in [-0.39, 0.29) is 12.5 Å². The number of para-hydroxylation sites is 2. The second-order valence-electron chi connectivity index (χ2n) is 5.43. The van der Waals surface area contributed by atoms with E-state index in [1.54, 1.807) is 7.11 Å². The van der Waals surface area contributed by atoms with Gasteiger partial charge in [0.1, 0.15) is 12.3 Å². The third-order valence-corrected chi connectivity index (χ3v) is 3.84. The molecule has 0 aliphatic carbocycles. The summed E-state index contributed by atoms with van der Waals surface area (Å²) in [5.41, 5.74) is 5.18. The number of aromatic nitrogens is 1. The molecule has 0 fully saturated rings. The van der Waals surface area contributed by atoms with Crippen molar-refractivity contribution in [1.29, 1.82) is 0 Å². The Morgan fingerprint density at radius 2 is 1.88 bits per heavy atom. The zero-order valence-electron chi connectivity index (χ0n) is 13.7. The fraction of sp³-hybridized carbons (Fsp3) is 0.158. The van der Waals surface area contributed by atoms with Crippen molar-refractivity contribution < 1.29 is 9.53 Å². The van der Waals surface area contributed by atoms with Crippen molar-refractivity contribution in [2.24, 2.45) is 5.10 Å². The number of methoxy groups -OCH3 is 1. The number of fused-ring (bicyclic) bond motifs is 1. The first-order valence-electron chi connectivity index (χ1n) is 7.69. The highest BCUT2D eigenvalue weighted by molar-refractivity contribution is 6.01. The number of benzene rings is 2. The first-order valence-corrected chi connectivity index (χ1v) is 7.69. The highest BCUT2D eigenvalue weighted by Crippen LogP contribution is 2.18. The number of amides is 1. The van der Waals surface area contributed by atoms with Gasteiger partial charge < -0.3 is 9.30 Å². The van der Waals surface area contributed by atoms with Gasteiger partial charge in [0.25, 0.3) is 5.91 Å². The van der Waals surface area contributed by atoms with Gasteiger partial charge in [-0.2, -0.15) is 5.10 Å². The molecule has 5 nitrogen and oxygen atoms in total. The third kappa shape index (κ3) is 3.30. The molecule has 122 valence electrons. The summed E-state index contributed by atoms with van der Waals surface area (Å²) in [7, 11) is 1.61. The molecule has 3 rings (SSSR count). The van der Waals surface area contributed by atoms with Crippen molar-refractivity contribution in [2.75, 3.05) is 7.11 Å². The lowest BCUT2D eigenvalue weighted by molar-refractivity contribution is -0.121. The largest absolute Gasteiger partial charge is 0.496 e. The smallest absolute Gasteiger partial charge is 0.259 e. The van der Waals surface area contributed by atoms with Crippen molar-refractivity contribution >= 4 is 22.5 Å². The Balaban J connectivity index is 1.71. The van der Waals surface area contributed by atoms with Crippen LogP contribution in [0.2, 0.25) is 0 Å². The van der Waals surface area contributed by atoms with E-state index in [0.717, 1.165) is 22.2 Å². The normalized spacial score (nSPS) is 11.5. The molecule has 0 aliphatic rings. The number of carbonyl (C=O) groups excluding carboxylic acids is 1. The van der Waals surface area contributed by atoms with E-state index in [1.807, 2.05) is 72.3 Å². The number of carbonyl (C=O) groups is 1. The van der Waals surface area contributed by atoms with Crippen molar-refractivity contribution in [3.8, 4) is 5.75 Å². The van der Waals surface area contributed by atoms with E-state index in [0.29, 0.717) is 5.71 Å². The molecule has 24 heavy (non-hydrogen) atoms. The van der Waals surface area contributed by atoms with Crippen LogP contribution in [0.25, 0.3) is 10.9 Å². The van der Waals surface area contributed by atoms with E-state index in [4.69, 9.17) is 4.74 Å². The molecule has 1 heterocycles. The summed E-state index contributed by atoms with van der Waals surface area (Å²) in [6.45, 7) is 2.05. The fourth-order valence-electron chi connectivity index (χ4n) is 2.62. The van der Waals surface area contributed by atoms with Gasteiger partial charge in [-0.3, -0.25) is 4.79 Å². The molecule has 0 unspecified atom stereocenters. The summed E-state index contributed by atoms with van der Waals surface area (Å²) in [6.07, 6.45) is 1.90. The Morgan fingerprint density at radius 3 is 2.71 bits per heavy atom. The lowest BCUT2D eigenvalue weighted by atomic mass is 10.1. The molecule has 3 aromatic rings. The topological polar surface area (TPSA) is 55.6 Å². The van der Waals surface area contributed by atoms with Crippen molar-refractivity contribution in [1.82, 2.24) is 9.99 Å². The molecular weight excluding hydrogens is 302 g/mol. The summed E-state index contributed by atoms with van der Waals surface area (Å²) in [6, 6.07) is 17.5. The second-order valence-corrected chi connectivity index (χ2v) is 5.43. The fourth-order valence-corrected chi connectivity index (χ4v) is 2.62. The van der Waals surface area contributed by atoms with Gasteiger partial charge in [0.2, 0.25) is 0 Å². The first kappa shape index (κ1) is 15.8. The maximum absolute atomic E-state index is 12.2. The number of rotatable bonds is 5. The van der Waals surface area contributed by atoms with Crippen LogP contribution in [0.5, 0.6) is 5.75 Å². The molecule has 0 saturated heterocycles. The molecule has 0 bridgehead atoms. The molecule has 0 atom stereocenters. The predicted molar refractivity (Wildman–Crippen MR) is 95.3 cm³/mol. The average Bonchev–Trinajstić information content (AvgIpc) is 3.02. The second kappa shape index (κ2) is 7.00. The molecule has 2 aromatic carbocycles. The Labute approximate surface area is 140 Å². The minimum atomic E-state index is -0.175. The monoisotopic (exact) mass is 321 g/mol. The molecule has 0 saturated carbocycles. The van der Waals surface area contributed by atoms with Crippen LogP contribution in [0.3, 0.4) is 0 Å². The van der Waals surface area contributed by atoms with Crippen LogP contribution in [0, 0.1) is 0 Å². The lowest BCUT2D eigenvalue weighted by Crippen LogP contribution is -2.24. The van der Waals surface area contributed by atoms with Crippen LogP contribution in [0.15, 0.2) is 65.9 Å². The van der Waals surface area contributed by atoms with Gasteiger partial charge in [0.15, 0.2) is 0 Å². The van der Waals surface area contributed by atoms with Gasteiger partial charge >= 0.3 is 0 Å². The molecule has 5 heteroatoms. The van der Waals surface area contributed by atoms with Gasteiger partial charge in [-0.1, -0.05) is 30.3 Å². The Hall–Kier alpha value is -3.08. The number of hydrogen-bond donors (Lipinski definition) is 1. The number of hydrogen-bond acceptors (Lipinski definition) is 3. The number of ether oxygens (including phenoxy) is 1. The summed E-state index contributed by atoms with van der Waals surface area (Å²) >= 11 is 0. The molecule has 0 radical (unpaired) electrons. The van der Waals surface area contributed by atoms with E-state index in [9.17, 15) is 4.79 Å². The van der Waals surface area contributed by atoms with E-state index >= 15 is 0 Å². The van der Waals surface area contributed by atoms with Crippen LogP contribution < -0.4 is 10.2 Å². The van der Waals surface area contributed by atoms with Gasteiger partial charge in [-0.05, 0) is 36.6 Å². The molecule has 0 aliphatic heterocycles. The zero-order valence-corrected chi connectivity index (χ0v) is 13.7. The summed E-state index contributed by atoms with van der Waals surface area (Å²) in [5.74, 6) is 0.551. The standard InChI is InChI=1S/C19H19N3O2/c1-14(16-8-4-6-10-18(16)24-2)20-21-19(23)13-22-12-11-15-7-3-5-9-17(15)22/h3-12H,13H2,1-2H3,(H,21,23)/b20-14+. The maximum Gasteiger partial charge on any atom is 0.259 e. The Kier molecular flexibility index (Phi) is 4.61. The van der Waals surface area contributed by atoms with Gasteiger partial charge in [0, 0.05) is 17.3 Å². The van der Waals surface area contributed by atoms with Crippen LogP contribution in [-0.4, -0.2) is 23.3 Å². The first-order chi connectivity index (χ1) is 11.7. The SMILES string of the molecule is COc1ccccc1/C(C)=N/NC(=O)Cn1ccc2ccccc21. The van der Waals surface area contributed by atoms with Crippen molar-refractivity contribution in [3.63, 3.8) is 0 Å². The molecule has 1 aromatic heterocycles. The van der Waals surface area contributed by atoms with E-state index < -0.39 is 0 Å². The van der Waals surface area contributed by atoms with E-state index in [1.165, 1.54) is 0 Å². The minimum Gasteiger partial charge on any atom is -0.496 e. The molecule has 0 spiro atoms. The predicted octanol–water partition coefficient (Wildman–Crippen LogP) is 3.19. The average molecular weight is 321 g/mol. The molecule has 1 amide bonds. The van der Waals surface area contributed by atoms with E-state index in [2.05, 4.69) is 10.5 Å². The summed E-state index contributed by atoms with van der Waals surface area (Å²) in [4.78, 5) is 12.2. The minimum absolute atomic E-state index is 0.175. The number of nitrogens with one attached hydrogen (secondary N) is 1. The van der Waals surface area contributed by atoms with Crippen molar-refractivity contribution in [2.45, 2.75) is 13.5 Å². The lowest BCUT2D eigenvalue weighted by Gasteiger charge is -2.08. The van der Waals surface area contributed by atoms with Crippen LogP contribution in [0.1, 0.15) is 12.5 Å². The van der Waals surface area contributed by atoms with Crippen LogP contribution in [-0.2, 0) is 11.3 Å². The zero-order chi connectivity index (χ0) is 16.9. The Bertz CT molecular complexity index is 896. The molecule has 1 N–H and O–H groups in total. The Morgan fingerprint density at radius 1 is 1.12 bits per heavy atom. The quantitative estimate of drug-likeness (QED) is 0.579.